The maximum Gasteiger partial charge on any atom is 0.253 e. The fourth-order valence-electron chi connectivity index (χ4n) is 2.90. The largest absolute Gasteiger partial charge is 0.541 e. The standard InChI is InChI=1S/C24H35NO3Si/c1-8-25(9-2)23(27)19-15-13-18(14-16-19)17-20-11-10-12-21(22(20)26)28-29(6,7)24(3,4)5/h10-16,26H,8-9,17H2,1-7H3. The van der Waals surface area contributed by atoms with Crippen LogP contribution in [0.5, 0.6) is 11.5 Å². The number of phenolic OH excluding ortho intramolecular Hbond substituents is 1. The summed E-state index contributed by atoms with van der Waals surface area (Å²) in [5.74, 6) is 0.817. The number of amides is 1. The zero-order chi connectivity index (χ0) is 21.8. The van der Waals surface area contributed by atoms with E-state index in [0.29, 0.717) is 30.8 Å². The van der Waals surface area contributed by atoms with Gasteiger partial charge in [0.25, 0.3) is 14.2 Å². The Bertz CT molecular complexity index is 834. The molecule has 1 N–H and O–H groups in total. The number of phenols is 1. The van der Waals surface area contributed by atoms with Crippen LogP contribution in [-0.2, 0) is 6.42 Å². The van der Waals surface area contributed by atoms with Crippen molar-refractivity contribution in [2.45, 2.75) is 59.2 Å². The predicted octanol–water partition coefficient (Wildman–Crippen LogP) is 5.85. The summed E-state index contributed by atoms with van der Waals surface area (Å²) in [4.78, 5) is 14.3. The van der Waals surface area contributed by atoms with Crippen LogP contribution in [0.2, 0.25) is 18.1 Å². The highest BCUT2D eigenvalue weighted by Crippen LogP contribution is 2.40. The molecule has 0 aliphatic carbocycles. The van der Waals surface area contributed by atoms with Crippen LogP contribution >= 0.6 is 0 Å². The molecule has 0 saturated heterocycles. The van der Waals surface area contributed by atoms with Gasteiger partial charge in [-0.25, -0.2) is 0 Å². The normalized spacial score (nSPS) is 12.0. The molecule has 0 bridgehead atoms. The quantitative estimate of drug-likeness (QED) is 0.579. The Morgan fingerprint density at radius 3 is 2.14 bits per heavy atom. The minimum absolute atomic E-state index is 0.0502. The van der Waals surface area contributed by atoms with Gasteiger partial charge in [0.15, 0.2) is 5.75 Å². The summed E-state index contributed by atoms with van der Waals surface area (Å²) in [6.07, 6.45) is 0.584. The van der Waals surface area contributed by atoms with Crippen LogP contribution in [0.4, 0.5) is 0 Å². The molecule has 0 fully saturated rings. The van der Waals surface area contributed by atoms with Crippen molar-refractivity contribution in [1.29, 1.82) is 0 Å². The minimum Gasteiger partial charge on any atom is -0.541 e. The van der Waals surface area contributed by atoms with Gasteiger partial charge in [-0.3, -0.25) is 4.79 Å². The van der Waals surface area contributed by atoms with Crippen LogP contribution < -0.4 is 4.43 Å². The molecular formula is C24H35NO3Si. The highest BCUT2D eigenvalue weighted by Gasteiger charge is 2.39. The number of benzene rings is 2. The first-order valence-corrected chi connectivity index (χ1v) is 13.3. The molecule has 0 aromatic heterocycles. The van der Waals surface area contributed by atoms with Crippen molar-refractivity contribution in [2.75, 3.05) is 13.1 Å². The molecule has 1 amide bonds. The van der Waals surface area contributed by atoms with Crippen LogP contribution in [0.3, 0.4) is 0 Å². The van der Waals surface area contributed by atoms with Crippen LogP contribution in [0, 0.1) is 0 Å². The van der Waals surface area contributed by atoms with Gasteiger partial charge in [0.05, 0.1) is 0 Å². The molecule has 0 aliphatic heterocycles. The van der Waals surface area contributed by atoms with Crippen molar-refractivity contribution >= 4 is 14.2 Å². The van der Waals surface area contributed by atoms with E-state index in [1.807, 2.05) is 61.2 Å². The van der Waals surface area contributed by atoms with Gasteiger partial charge < -0.3 is 14.4 Å². The summed E-state index contributed by atoms with van der Waals surface area (Å²) in [6, 6.07) is 13.3. The fourth-order valence-corrected chi connectivity index (χ4v) is 3.92. The number of nitrogens with zero attached hydrogens (tertiary/aromatic N) is 1. The molecule has 158 valence electrons. The first-order chi connectivity index (χ1) is 13.5. The van der Waals surface area contributed by atoms with Gasteiger partial charge in [-0.1, -0.05) is 45.0 Å². The second kappa shape index (κ2) is 9.03. The Balaban J connectivity index is 2.20. The molecule has 0 spiro atoms. The average Bonchev–Trinajstić information content (AvgIpc) is 2.65. The van der Waals surface area contributed by atoms with E-state index in [4.69, 9.17) is 4.43 Å². The topological polar surface area (TPSA) is 49.8 Å². The van der Waals surface area contributed by atoms with Gasteiger partial charge in [-0.2, -0.15) is 0 Å². The lowest BCUT2D eigenvalue weighted by atomic mass is 10.0. The third kappa shape index (κ3) is 5.41. The molecule has 0 heterocycles. The van der Waals surface area contributed by atoms with Gasteiger partial charge in [-0.15, -0.1) is 0 Å². The maximum absolute atomic E-state index is 12.5. The van der Waals surface area contributed by atoms with Crippen LogP contribution in [-0.4, -0.2) is 37.3 Å². The van der Waals surface area contributed by atoms with Gasteiger partial charge in [0, 0.05) is 30.6 Å². The van der Waals surface area contributed by atoms with Crippen molar-refractivity contribution in [3.05, 3.63) is 59.2 Å². The molecule has 4 nitrogen and oxygen atoms in total. The highest BCUT2D eigenvalue weighted by atomic mass is 28.4. The molecule has 29 heavy (non-hydrogen) atoms. The lowest BCUT2D eigenvalue weighted by Gasteiger charge is -2.36. The zero-order valence-electron chi connectivity index (χ0n) is 18.9. The molecule has 0 aliphatic rings. The number of carbonyl (C=O) groups excluding carboxylic acids is 1. The number of para-hydroxylation sites is 1. The lowest BCUT2D eigenvalue weighted by molar-refractivity contribution is 0.0773. The second-order valence-electron chi connectivity index (χ2n) is 8.98. The molecule has 5 heteroatoms. The van der Waals surface area contributed by atoms with Crippen molar-refractivity contribution in [1.82, 2.24) is 4.90 Å². The molecule has 2 rings (SSSR count). The van der Waals surface area contributed by atoms with Gasteiger partial charge in [0.1, 0.15) is 5.75 Å². The molecule has 0 saturated carbocycles. The third-order valence-electron chi connectivity index (χ3n) is 5.90. The molecule has 2 aromatic rings. The summed E-state index contributed by atoms with van der Waals surface area (Å²) < 4.78 is 6.32. The first-order valence-electron chi connectivity index (χ1n) is 10.4. The summed E-state index contributed by atoms with van der Waals surface area (Å²) in [7, 11) is -2.03. The lowest BCUT2D eigenvalue weighted by Crippen LogP contribution is -2.43. The highest BCUT2D eigenvalue weighted by molar-refractivity contribution is 6.74. The smallest absolute Gasteiger partial charge is 0.253 e. The number of hydrogen-bond donors (Lipinski definition) is 1. The summed E-state index contributed by atoms with van der Waals surface area (Å²) in [5, 5.41) is 10.9. The minimum atomic E-state index is -2.03. The van der Waals surface area contributed by atoms with E-state index in [1.54, 1.807) is 0 Å². The van der Waals surface area contributed by atoms with Gasteiger partial charge in [-0.05, 0) is 55.7 Å². The first kappa shape index (κ1) is 23.0. The third-order valence-corrected chi connectivity index (χ3v) is 10.2. The number of hydrogen-bond acceptors (Lipinski definition) is 3. The summed E-state index contributed by atoms with van der Waals surface area (Å²) >= 11 is 0. The van der Waals surface area contributed by atoms with E-state index in [9.17, 15) is 9.90 Å². The average molecular weight is 414 g/mol. The Morgan fingerprint density at radius 1 is 1.03 bits per heavy atom. The van der Waals surface area contributed by atoms with Crippen molar-refractivity contribution in [3.63, 3.8) is 0 Å². The SMILES string of the molecule is CCN(CC)C(=O)c1ccc(Cc2cccc(O[Si](C)(C)C(C)(C)C)c2O)cc1. The fraction of sp³-hybridized carbons (Fsp3) is 0.458. The second-order valence-corrected chi connectivity index (χ2v) is 13.7. The van der Waals surface area contributed by atoms with E-state index >= 15 is 0 Å². The predicted molar refractivity (Wildman–Crippen MR) is 122 cm³/mol. The molecule has 0 atom stereocenters. The number of aromatic hydroxyl groups is 1. The van der Waals surface area contributed by atoms with Crippen molar-refractivity contribution < 1.29 is 14.3 Å². The Kier molecular flexibility index (Phi) is 7.17. The Labute approximate surface area is 176 Å². The number of rotatable bonds is 7. The van der Waals surface area contributed by atoms with E-state index in [0.717, 1.165) is 11.1 Å². The zero-order valence-corrected chi connectivity index (χ0v) is 19.9. The van der Waals surface area contributed by atoms with E-state index in [-0.39, 0.29) is 16.7 Å². The van der Waals surface area contributed by atoms with E-state index < -0.39 is 8.32 Å². The Hall–Kier alpha value is -2.27. The van der Waals surface area contributed by atoms with Crippen LogP contribution in [0.1, 0.15) is 56.1 Å². The monoisotopic (exact) mass is 413 g/mol. The van der Waals surface area contributed by atoms with Crippen LogP contribution in [0.25, 0.3) is 0 Å². The molecular weight excluding hydrogens is 378 g/mol. The molecule has 0 unspecified atom stereocenters. The van der Waals surface area contributed by atoms with E-state index in [2.05, 4.69) is 33.9 Å². The number of carbonyl (C=O) groups is 1. The summed E-state index contributed by atoms with van der Waals surface area (Å²) in [5.41, 5.74) is 2.56. The molecule has 2 aromatic carbocycles. The van der Waals surface area contributed by atoms with Crippen molar-refractivity contribution in [2.24, 2.45) is 0 Å². The molecule has 0 radical (unpaired) electrons. The van der Waals surface area contributed by atoms with Gasteiger partial charge >= 0.3 is 0 Å². The van der Waals surface area contributed by atoms with Crippen molar-refractivity contribution in [3.8, 4) is 11.5 Å². The van der Waals surface area contributed by atoms with Gasteiger partial charge in [0.2, 0.25) is 0 Å². The Morgan fingerprint density at radius 2 is 1.62 bits per heavy atom. The maximum atomic E-state index is 12.5. The summed E-state index contributed by atoms with van der Waals surface area (Å²) in [6.45, 7) is 16.3. The van der Waals surface area contributed by atoms with Crippen LogP contribution in [0.15, 0.2) is 42.5 Å². The van der Waals surface area contributed by atoms with E-state index in [1.165, 1.54) is 0 Å².